The van der Waals surface area contributed by atoms with Gasteiger partial charge in [-0.2, -0.15) is 0 Å². The lowest BCUT2D eigenvalue weighted by Gasteiger charge is -2.22. The molecule has 2 aromatic rings. The normalized spacial score (nSPS) is 11.0. The first-order chi connectivity index (χ1) is 12.9. The fourth-order valence-electron chi connectivity index (χ4n) is 2.63. The van der Waals surface area contributed by atoms with E-state index in [1.165, 1.54) is 10.6 Å². The molecular weight excluding hydrogens is 364 g/mol. The molecule has 27 heavy (non-hydrogen) atoms. The minimum absolute atomic E-state index is 0.0982. The summed E-state index contributed by atoms with van der Waals surface area (Å²) in [5.41, 5.74) is 1.59. The van der Waals surface area contributed by atoms with E-state index in [2.05, 4.69) is 5.32 Å². The molecule has 146 valence electrons. The summed E-state index contributed by atoms with van der Waals surface area (Å²) in [4.78, 5) is 12.0. The van der Waals surface area contributed by atoms with Gasteiger partial charge in [0.1, 0.15) is 5.75 Å². The third-order valence-electron chi connectivity index (χ3n) is 3.93. The molecule has 6 nitrogen and oxygen atoms in total. The highest BCUT2D eigenvalue weighted by atomic mass is 32.2. The van der Waals surface area contributed by atoms with Gasteiger partial charge in [-0.15, -0.1) is 0 Å². The average Bonchev–Trinajstić information content (AvgIpc) is 2.64. The van der Waals surface area contributed by atoms with Gasteiger partial charge in [0.15, 0.2) is 0 Å². The number of ether oxygens (including phenoxy) is 1. The number of carbonyl (C=O) groups excluding carboxylic acids is 1. The van der Waals surface area contributed by atoms with E-state index in [-0.39, 0.29) is 18.9 Å². The number of rotatable bonds is 10. The number of hydrogen-bond acceptors (Lipinski definition) is 4. The smallest absolute Gasteiger partial charge is 0.232 e. The molecule has 0 spiro atoms. The molecule has 0 heterocycles. The molecule has 1 amide bonds. The van der Waals surface area contributed by atoms with Crippen LogP contribution >= 0.6 is 0 Å². The van der Waals surface area contributed by atoms with Crippen molar-refractivity contribution in [2.45, 2.75) is 26.3 Å². The second kappa shape index (κ2) is 9.97. The summed E-state index contributed by atoms with van der Waals surface area (Å²) in [6, 6.07) is 16.5. The van der Waals surface area contributed by atoms with Crippen LogP contribution in [0.3, 0.4) is 0 Å². The highest BCUT2D eigenvalue weighted by molar-refractivity contribution is 7.92. The molecule has 0 saturated heterocycles. The van der Waals surface area contributed by atoms with E-state index in [0.717, 1.165) is 5.56 Å². The number of sulfonamides is 1. The molecule has 2 rings (SSSR count). The van der Waals surface area contributed by atoms with Crippen LogP contribution in [0.25, 0.3) is 0 Å². The molecule has 0 fully saturated rings. The highest BCUT2D eigenvalue weighted by Gasteiger charge is 2.17. The number of benzene rings is 2. The fourth-order valence-corrected chi connectivity index (χ4v) is 3.60. The zero-order chi connectivity index (χ0) is 19.7. The zero-order valence-corrected chi connectivity index (χ0v) is 16.5. The number of carbonyl (C=O) groups is 1. The second-order valence-corrected chi connectivity index (χ2v) is 8.03. The Morgan fingerprint density at radius 2 is 1.74 bits per heavy atom. The molecule has 7 heteroatoms. The lowest BCUT2D eigenvalue weighted by molar-refractivity contribution is -0.121. The van der Waals surface area contributed by atoms with E-state index in [4.69, 9.17) is 4.74 Å². The van der Waals surface area contributed by atoms with Crippen LogP contribution in [0.4, 0.5) is 5.69 Å². The topological polar surface area (TPSA) is 75.7 Å². The lowest BCUT2D eigenvalue weighted by Crippen LogP contribution is -2.32. The van der Waals surface area contributed by atoms with Crippen LogP contribution in [0.1, 0.15) is 25.3 Å². The Kier molecular flexibility index (Phi) is 7.67. The van der Waals surface area contributed by atoms with Gasteiger partial charge < -0.3 is 10.1 Å². The van der Waals surface area contributed by atoms with E-state index >= 15 is 0 Å². The SMILES string of the molecule is CCOc1ccc(N(CCCC(=O)NCc2ccccc2)S(C)(=O)=O)cc1. The van der Waals surface area contributed by atoms with Gasteiger partial charge in [0.25, 0.3) is 0 Å². The maximum absolute atomic E-state index is 12.1. The van der Waals surface area contributed by atoms with Crippen molar-refractivity contribution in [1.82, 2.24) is 5.32 Å². The lowest BCUT2D eigenvalue weighted by atomic mass is 10.2. The molecule has 0 bridgehead atoms. The molecule has 0 unspecified atom stereocenters. The molecule has 0 aliphatic carbocycles. The van der Waals surface area contributed by atoms with Crippen LogP contribution in [-0.4, -0.2) is 33.7 Å². The minimum Gasteiger partial charge on any atom is -0.494 e. The van der Waals surface area contributed by atoms with E-state index < -0.39 is 10.0 Å². The summed E-state index contributed by atoms with van der Waals surface area (Å²) in [6.07, 6.45) is 1.86. The summed E-state index contributed by atoms with van der Waals surface area (Å²) in [7, 11) is -3.44. The summed E-state index contributed by atoms with van der Waals surface area (Å²) >= 11 is 0. The van der Waals surface area contributed by atoms with Crippen molar-refractivity contribution in [1.29, 1.82) is 0 Å². The van der Waals surface area contributed by atoms with E-state index in [0.29, 0.717) is 31.0 Å². The van der Waals surface area contributed by atoms with Crippen molar-refractivity contribution in [3.63, 3.8) is 0 Å². The van der Waals surface area contributed by atoms with E-state index in [1.807, 2.05) is 37.3 Å². The van der Waals surface area contributed by atoms with Crippen molar-refractivity contribution >= 4 is 21.6 Å². The fraction of sp³-hybridized carbons (Fsp3) is 0.350. The van der Waals surface area contributed by atoms with Crippen LogP contribution in [0.2, 0.25) is 0 Å². The van der Waals surface area contributed by atoms with Gasteiger partial charge in [-0.1, -0.05) is 30.3 Å². The van der Waals surface area contributed by atoms with Crippen LogP contribution < -0.4 is 14.4 Å². The van der Waals surface area contributed by atoms with Gasteiger partial charge in [0.2, 0.25) is 15.9 Å². The Labute approximate surface area is 161 Å². The van der Waals surface area contributed by atoms with Gasteiger partial charge in [0.05, 0.1) is 18.6 Å². The Balaban J connectivity index is 1.88. The van der Waals surface area contributed by atoms with Gasteiger partial charge in [0, 0.05) is 19.5 Å². The maximum atomic E-state index is 12.1. The van der Waals surface area contributed by atoms with Gasteiger partial charge >= 0.3 is 0 Å². The molecule has 0 aliphatic heterocycles. The third kappa shape index (κ3) is 6.94. The molecule has 1 N–H and O–H groups in total. The van der Waals surface area contributed by atoms with Crippen LogP contribution in [0, 0.1) is 0 Å². The van der Waals surface area contributed by atoms with Gasteiger partial charge in [-0.25, -0.2) is 8.42 Å². The summed E-state index contributed by atoms with van der Waals surface area (Å²) in [5, 5.41) is 2.85. The quantitative estimate of drug-likeness (QED) is 0.677. The summed E-state index contributed by atoms with van der Waals surface area (Å²) in [5.74, 6) is 0.592. The van der Waals surface area contributed by atoms with Crippen molar-refractivity contribution in [3.05, 3.63) is 60.2 Å². The van der Waals surface area contributed by atoms with E-state index in [1.54, 1.807) is 24.3 Å². The predicted molar refractivity (Wildman–Crippen MR) is 107 cm³/mol. The summed E-state index contributed by atoms with van der Waals surface area (Å²) < 4.78 is 30.9. The highest BCUT2D eigenvalue weighted by Crippen LogP contribution is 2.22. The standard InChI is InChI=1S/C20H26N2O4S/c1-3-26-19-13-11-18(12-14-19)22(27(2,24)25)15-7-10-20(23)21-16-17-8-5-4-6-9-17/h4-6,8-9,11-14H,3,7,10,15-16H2,1-2H3,(H,21,23). The maximum Gasteiger partial charge on any atom is 0.232 e. The Morgan fingerprint density at radius 3 is 2.33 bits per heavy atom. The van der Waals surface area contributed by atoms with Crippen molar-refractivity contribution in [2.24, 2.45) is 0 Å². The molecule has 0 aliphatic rings. The molecular formula is C20H26N2O4S. The predicted octanol–water partition coefficient (Wildman–Crippen LogP) is 2.95. The van der Waals surface area contributed by atoms with E-state index in [9.17, 15) is 13.2 Å². The average molecular weight is 391 g/mol. The van der Waals surface area contributed by atoms with Crippen molar-refractivity contribution in [3.8, 4) is 5.75 Å². The Morgan fingerprint density at radius 1 is 1.07 bits per heavy atom. The number of nitrogens with zero attached hydrogens (tertiary/aromatic N) is 1. The van der Waals surface area contributed by atoms with Crippen LogP contribution in [0.5, 0.6) is 5.75 Å². The number of nitrogens with one attached hydrogen (secondary N) is 1. The molecule has 0 aromatic heterocycles. The van der Waals surface area contributed by atoms with Crippen molar-refractivity contribution in [2.75, 3.05) is 23.7 Å². The number of amides is 1. The monoisotopic (exact) mass is 390 g/mol. The molecule has 0 atom stereocenters. The van der Waals surface area contributed by atoms with Gasteiger partial charge in [-0.3, -0.25) is 9.10 Å². The first kappa shape index (κ1) is 20.8. The Bertz CT molecular complexity index is 821. The third-order valence-corrected chi connectivity index (χ3v) is 5.13. The molecule has 0 radical (unpaired) electrons. The second-order valence-electron chi connectivity index (χ2n) is 6.13. The number of hydrogen-bond donors (Lipinski definition) is 1. The van der Waals surface area contributed by atoms with Crippen LogP contribution in [-0.2, 0) is 21.4 Å². The van der Waals surface area contributed by atoms with Crippen molar-refractivity contribution < 1.29 is 17.9 Å². The zero-order valence-electron chi connectivity index (χ0n) is 15.7. The first-order valence-electron chi connectivity index (χ1n) is 8.91. The molecule has 2 aromatic carbocycles. The minimum atomic E-state index is -3.44. The largest absolute Gasteiger partial charge is 0.494 e. The van der Waals surface area contributed by atoms with Gasteiger partial charge in [-0.05, 0) is 43.2 Å². The van der Waals surface area contributed by atoms with Crippen LogP contribution in [0.15, 0.2) is 54.6 Å². The molecule has 0 saturated carbocycles. The Hall–Kier alpha value is -2.54. The first-order valence-corrected chi connectivity index (χ1v) is 10.8. The summed E-state index contributed by atoms with van der Waals surface area (Å²) in [6.45, 7) is 3.15. The number of anilines is 1.